The zero-order chi connectivity index (χ0) is 11.4. The van der Waals surface area contributed by atoms with Gasteiger partial charge in [0, 0.05) is 23.4 Å². The highest BCUT2D eigenvalue weighted by atomic mass is 35.5. The summed E-state index contributed by atoms with van der Waals surface area (Å²) < 4.78 is 0. The van der Waals surface area contributed by atoms with Crippen molar-refractivity contribution in [2.75, 3.05) is 0 Å². The monoisotopic (exact) mass is 225 g/mol. The van der Waals surface area contributed by atoms with Gasteiger partial charge in [0.15, 0.2) is 0 Å². The third-order valence-corrected chi connectivity index (χ3v) is 2.04. The quantitative estimate of drug-likeness (QED) is 0.797. The molecule has 5 heteroatoms. The minimum absolute atomic E-state index is 0.0575. The first-order valence-electron chi connectivity index (χ1n) is 4.21. The van der Waals surface area contributed by atoms with E-state index in [2.05, 4.69) is 0 Å². The van der Waals surface area contributed by atoms with Gasteiger partial charge < -0.3 is 11.5 Å². The zero-order valence-electron chi connectivity index (χ0n) is 7.87. The Bertz CT molecular complexity index is 404. The SMILES string of the molecule is NC(=O)C[CH]c1ccc(Cl)cc1C(N)=O. The van der Waals surface area contributed by atoms with Gasteiger partial charge >= 0.3 is 0 Å². The first-order chi connectivity index (χ1) is 7.00. The third kappa shape index (κ3) is 3.25. The molecule has 4 nitrogen and oxygen atoms in total. The van der Waals surface area contributed by atoms with Crippen molar-refractivity contribution in [2.24, 2.45) is 11.5 Å². The summed E-state index contributed by atoms with van der Waals surface area (Å²) in [4.78, 5) is 21.6. The number of rotatable bonds is 4. The predicted molar refractivity (Wildman–Crippen MR) is 57.2 cm³/mol. The van der Waals surface area contributed by atoms with E-state index in [1.165, 1.54) is 6.07 Å². The molecule has 1 aromatic rings. The second-order valence-corrected chi connectivity index (χ2v) is 3.41. The average molecular weight is 226 g/mol. The van der Waals surface area contributed by atoms with E-state index < -0.39 is 11.8 Å². The molecule has 2 amide bonds. The molecule has 0 aliphatic heterocycles. The molecule has 1 rings (SSSR count). The van der Waals surface area contributed by atoms with Crippen LogP contribution in [0.1, 0.15) is 22.3 Å². The van der Waals surface area contributed by atoms with Crippen molar-refractivity contribution in [3.8, 4) is 0 Å². The Morgan fingerprint density at radius 1 is 1.33 bits per heavy atom. The highest BCUT2D eigenvalue weighted by Crippen LogP contribution is 2.18. The molecule has 1 radical (unpaired) electrons. The Labute approximate surface area is 92.2 Å². The Morgan fingerprint density at radius 2 is 2.00 bits per heavy atom. The summed E-state index contributed by atoms with van der Waals surface area (Å²) in [5.41, 5.74) is 11.0. The molecule has 0 aliphatic rings. The highest BCUT2D eigenvalue weighted by molar-refractivity contribution is 6.31. The van der Waals surface area contributed by atoms with E-state index in [-0.39, 0.29) is 12.0 Å². The van der Waals surface area contributed by atoms with Gasteiger partial charge in [-0.3, -0.25) is 9.59 Å². The summed E-state index contributed by atoms with van der Waals surface area (Å²) in [5, 5.41) is 0.417. The van der Waals surface area contributed by atoms with Gasteiger partial charge in [-0.05, 0) is 17.7 Å². The van der Waals surface area contributed by atoms with Crippen molar-refractivity contribution in [3.63, 3.8) is 0 Å². The Hall–Kier alpha value is -1.55. The molecule has 0 unspecified atom stereocenters. The lowest BCUT2D eigenvalue weighted by molar-refractivity contribution is -0.117. The molecule has 0 heterocycles. The lowest BCUT2D eigenvalue weighted by Crippen LogP contribution is -2.15. The molecule has 0 saturated heterocycles. The Kier molecular flexibility index (Phi) is 3.68. The summed E-state index contributed by atoms with van der Waals surface area (Å²) in [7, 11) is 0. The highest BCUT2D eigenvalue weighted by Gasteiger charge is 2.09. The van der Waals surface area contributed by atoms with E-state index >= 15 is 0 Å². The summed E-state index contributed by atoms with van der Waals surface area (Å²) in [6.45, 7) is 0. The van der Waals surface area contributed by atoms with Crippen LogP contribution in [0.25, 0.3) is 0 Å². The van der Waals surface area contributed by atoms with E-state index in [4.69, 9.17) is 23.1 Å². The van der Waals surface area contributed by atoms with Crippen LogP contribution < -0.4 is 11.5 Å². The fourth-order valence-electron chi connectivity index (χ4n) is 1.13. The summed E-state index contributed by atoms with van der Waals surface area (Å²) >= 11 is 5.71. The van der Waals surface area contributed by atoms with E-state index in [1.807, 2.05) is 0 Å². The van der Waals surface area contributed by atoms with Crippen LogP contribution >= 0.6 is 11.6 Å². The summed E-state index contributed by atoms with van der Waals surface area (Å²) in [6, 6.07) is 4.68. The predicted octanol–water partition coefficient (Wildman–Crippen LogP) is 0.867. The second-order valence-electron chi connectivity index (χ2n) is 2.97. The van der Waals surface area contributed by atoms with Crippen molar-refractivity contribution in [3.05, 3.63) is 40.8 Å². The number of carbonyl (C=O) groups excluding carboxylic acids is 2. The van der Waals surface area contributed by atoms with Gasteiger partial charge in [-0.15, -0.1) is 0 Å². The maximum atomic E-state index is 11.0. The van der Waals surface area contributed by atoms with E-state index in [9.17, 15) is 9.59 Å². The average Bonchev–Trinajstić information content (AvgIpc) is 2.15. The van der Waals surface area contributed by atoms with Crippen LogP contribution in [0, 0.1) is 6.42 Å². The maximum Gasteiger partial charge on any atom is 0.249 e. The molecule has 0 fully saturated rings. The van der Waals surface area contributed by atoms with Crippen molar-refractivity contribution < 1.29 is 9.59 Å². The molecule has 79 valence electrons. The van der Waals surface area contributed by atoms with Crippen LogP contribution in [0.4, 0.5) is 0 Å². The number of carbonyl (C=O) groups is 2. The van der Waals surface area contributed by atoms with E-state index in [0.29, 0.717) is 10.6 Å². The summed E-state index contributed by atoms with van der Waals surface area (Å²) in [5.74, 6) is -1.06. The van der Waals surface area contributed by atoms with Crippen LogP contribution in [-0.2, 0) is 4.79 Å². The van der Waals surface area contributed by atoms with Gasteiger partial charge in [0.1, 0.15) is 0 Å². The minimum atomic E-state index is -0.590. The minimum Gasteiger partial charge on any atom is -0.370 e. The number of amides is 2. The normalized spacial score (nSPS) is 9.93. The van der Waals surface area contributed by atoms with Crippen LogP contribution in [0.5, 0.6) is 0 Å². The molecular weight excluding hydrogens is 216 g/mol. The van der Waals surface area contributed by atoms with E-state index in [0.717, 1.165) is 0 Å². The Morgan fingerprint density at radius 3 is 2.53 bits per heavy atom. The smallest absolute Gasteiger partial charge is 0.249 e. The van der Waals surface area contributed by atoms with Gasteiger partial charge in [-0.25, -0.2) is 0 Å². The van der Waals surface area contributed by atoms with Crippen LogP contribution in [-0.4, -0.2) is 11.8 Å². The molecule has 0 spiro atoms. The molecule has 0 saturated carbocycles. The first kappa shape index (κ1) is 11.5. The number of primary amides is 2. The van der Waals surface area contributed by atoms with Crippen LogP contribution in [0.2, 0.25) is 5.02 Å². The topological polar surface area (TPSA) is 86.2 Å². The number of hydrogen-bond donors (Lipinski definition) is 2. The molecular formula is C10H10ClN2O2. The Balaban J connectivity index is 2.95. The van der Waals surface area contributed by atoms with Gasteiger partial charge in [-0.2, -0.15) is 0 Å². The fraction of sp³-hybridized carbons (Fsp3) is 0.100. The third-order valence-electron chi connectivity index (χ3n) is 1.80. The van der Waals surface area contributed by atoms with Crippen molar-refractivity contribution in [1.82, 2.24) is 0 Å². The lowest BCUT2D eigenvalue weighted by Gasteiger charge is -2.05. The number of hydrogen-bond acceptors (Lipinski definition) is 2. The zero-order valence-corrected chi connectivity index (χ0v) is 8.62. The number of benzene rings is 1. The van der Waals surface area contributed by atoms with Crippen LogP contribution in [0.3, 0.4) is 0 Å². The number of halogens is 1. The van der Waals surface area contributed by atoms with Crippen molar-refractivity contribution >= 4 is 23.4 Å². The standard InChI is InChI=1S/C10H10ClN2O2/c11-7-3-1-6(2-4-9(12)14)8(5-7)10(13)15/h1-3,5H,4H2,(H2,12,14)(H2,13,15). The van der Waals surface area contributed by atoms with Gasteiger partial charge in [0.2, 0.25) is 11.8 Å². The molecule has 4 N–H and O–H groups in total. The largest absolute Gasteiger partial charge is 0.370 e. The molecule has 15 heavy (non-hydrogen) atoms. The van der Waals surface area contributed by atoms with E-state index in [1.54, 1.807) is 18.6 Å². The maximum absolute atomic E-state index is 11.0. The van der Waals surface area contributed by atoms with Gasteiger partial charge in [0.25, 0.3) is 0 Å². The molecule has 0 atom stereocenters. The summed E-state index contributed by atoms with van der Waals surface area (Å²) in [6.07, 6.45) is 1.60. The molecule has 1 aromatic carbocycles. The molecule has 0 bridgehead atoms. The van der Waals surface area contributed by atoms with Crippen LogP contribution in [0.15, 0.2) is 18.2 Å². The first-order valence-corrected chi connectivity index (χ1v) is 4.59. The fourth-order valence-corrected chi connectivity index (χ4v) is 1.30. The lowest BCUT2D eigenvalue weighted by atomic mass is 10.0. The van der Waals surface area contributed by atoms with Gasteiger partial charge in [0.05, 0.1) is 0 Å². The molecule has 0 aromatic heterocycles. The van der Waals surface area contributed by atoms with Gasteiger partial charge in [-0.1, -0.05) is 17.7 Å². The molecule has 0 aliphatic carbocycles. The van der Waals surface area contributed by atoms with Crippen molar-refractivity contribution in [1.29, 1.82) is 0 Å². The second kappa shape index (κ2) is 4.79. The van der Waals surface area contributed by atoms with Crippen molar-refractivity contribution in [2.45, 2.75) is 6.42 Å². The number of nitrogens with two attached hydrogens (primary N) is 2.